The minimum Gasteiger partial charge on any atom is -0.349 e. The third kappa shape index (κ3) is 15.4. The van der Waals surface area contributed by atoms with Crippen LogP contribution in [0, 0.1) is 40.5 Å². The molecule has 2 aromatic carbocycles. The number of nitrogens with one attached hydrogen (secondary N) is 1. The topological polar surface area (TPSA) is 295 Å². The molecule has 2 aliphatic heterocycles. The van der Waals surface area contributed by atoms with Crippen molar-refractivity contribution in [3.63, 3.8) is 0 Å². The first-order valence-corrected chi connectivity index (χ1v) is 19.6. The van der Waals surface area contributed by atoms with Gasteiger partial charge in [-0.05, 0) is 112 Å². The van der Waals surface area contributed by atoms with Crippen molar-refractivity contribution in [1.82, 2.24) is 20.3 Å². The monoisotopic (exact) mass is 869 g/mol. The van der Waals surface area contributed by atoms with Gasteiger partial charge in [-0.1, -0.05) is 20.8 Å². The summed E-state index contributed by atoms with van der Waals surface area (Å²) in [6.45, 7) is 25.6. The number of amides is 1. The van der Waals surface area contributed by atoms with Gasteiger partial charge >= 0.3 is 0 Å². The summed E-state index contributed by atoms with van der Waals surface area (Å²) in [6.07, 6.45) is 2.62. The van der Waals surface area contributed by atoms with Crippen molar-refractivity contribution < 1.29 is 39.7 Å². The average Bonchev–Trinajstić information content (AvgIpc) is 3.13. The van der Waals surface area contributed by atoms with E-state index < -0.39 is 64.7 Å². The number of hydroxylamine groups is 4. The van der Waals surface area contributed by atoms with E-state index in [0.29, 0.717) is 12.8 Å². The fourth-order valence-corrected chi connectivity index (χ4v) is 7.63. The number of carbonyl (C=O) groups excluding carboxylic acids is 2. The summed E-state index contributed by atoms with van der Waals surface area (Å²) < 4.78 is 0. The Bertz CT molecular complexity index is 1720. The van der Waals surface area contributed by atoms with Crippen molar-refractivity contribution in [2.24, 2.45) is 5.73 Å². The molecular weight excluding hydrogens is 810 g/mol. The van der Waals surface area contributed by atoms with Crippen LogP contribution in [0.2, 0.25) is 0 Å². The van der Waals surface area contributed by atoms with Gasteiger partial charge in [0.2, 0.25) is 0 Å². The number of rotatable bonds is 10. The molecule has 336 valence electrons. The van der Waals surface area contributed by atoms with Crippen LogP contribution in [-0.4, -0.2) is 110 Å². The molecule has 0 unspecified atom stereocenters. The van der Waals surface area contributed by atoms with Gasteiger partial charge in [-0.25, -0.2) is 0 Å². The number of benzene rings is 2. The second kappa shape index (κ2) is 21.7. The molecule has 4 rings (SSSR count). The standard InChI is InChI=1S/C16H22N4O6.C9H20N2O.C7H3ClN2O5.C6H15N/c1-15(2)8-11(9-16(3,4)20(15)26)17-14(21)10-5-12(18(22)23)7-13(6-10)19(24)25;1-8(2)5-7(10)6-9(3,4)11(8)12;8-7(11)4-1-5(9(12)13)3-6(2-4)10(14)15;1-4-7(5-2)6-3/h5-7,11,26H,8-9H2,1-4H3,(H,17,21);7,12H,5-6,10H2,1-4H3;1-3H;4-6H2,1-3H3. The molecule has 0 atom stereocenters. The van der Waals surface area contributed by atoms with Crippen LogP contribution in [0.3, 0.4) is 0 Å². The Balaban J connectivity index is 0.000000447. The van der Waals surface area contributed by atoms with E-state index in [2.05, 4.69) is 31.0 Å². The number of hydrogen-bond donors (Lipinski definition) is 4. The summed E-state index contributed by atoms with van der Waals surface area (Å²) in [6, 6.07) is 5.26. The number of nitrogens with zero attached hydrogens (tertiary/aromatic N) is 7. The van der Waals surface area contributed by atoms with Crippen LogP contribution in [0.1, 0.15) is 123 Å². The first kappa shape index (κ1) is 53.2. The van der Waals surface area contributed by atoms with Gasteiger partial charge in [-0.3, -0.25) is 50.0 Å². The van der Waals surface area contributed by atoms with E-state index in [1.807, 2.05) is 55.4 Å². The molecule has 0 aromatic heterocycles. The van der Waals surface area contributed by atoms with Gasteiger partial charge in [-0.2, -0.15) is 10.1 Å². The lowest BCUT2D eigenvalue weighted by Crippen LogP contribution is -2.62. The highest BCUT2D eigenvalue weighted by molar-refractivity contribution is 6.67. The number of non-ortho nitro benzene ring substituents is 4. The number of nitrogens with two attached hydrogens (primary N) is 1. The predicted octanol–water partition coefficient (Wildman–Crippen LogP) is 7.23. The lowest BCUT2D eigenvalue weighted by Gasteiger charge is -2.51. The molecule has 2 saturated heterocycles. The molecule has 21 nitrogen and oxygen atoms in total. The molecule has 5 N–H and O–H groups in total. The molecule has 0 spiro atoms. The highest BCUT2D eigenvalue weighted by atomic mass is 35.5. The van der Waals surface area contributed by atoms with E-state index in [4.69, 9.17) is 17.3 Å². The Kier molecular flexibility index (Phi) is 19.2. The average molecular weight is 870 g/mol. The minimum atomic E-state index is -0.984. The van der Waals surface area contributed by atoms with E-state index >= 15 is 0 Å². The summed E-state index contributed by atoms with van der Waals surface area (Å²) in [5.41, 5.74) is 1.79. The number of hydrogen-bond acceptors (Lipinski definition) is 16. The quantitative estimate of drug-likeness (QED) is 0.104. The van der Waals surface area contributed by atoms with Gasteiger partial charge in [0.05, 0.1) is 37.4 Å². The molecular formula is C38H60ClN9O12. The first-order valence-electron chi connectivity index (χ1n) is 19.2. The third-order valence-corrected chi connectivity index (χ3v) is 10.3. The third-order valence-electron chi connectivity index (χ3n) is 10.1. The van der Waals surface area contributed by atoms with Crippen molar-refractivity contribution in [2.75, 3.05) is 19.6 Å². The number of nitro groups is 4. The summed E-state index contributed by atoms with van der Waals surface area (Å²) in [7, 11) is 0. The molecule has 22 heteroatoms. The summed E-state index contributed by atoms with van der Waals surface area (Å²) in [5.74, 6) is -0.625. The molecule has 0 bridgehead atoms. The Morgan fingerprint density at radius 3 is 1.18 bits per heavy atom. The maximum absolute atomic E-state index is 12.5. The Hall–Kier alpha value is -4.77. The van der Waals surface area contributed by atoms with Crippen LogP contribution in [0.4, 0.5) is 22.7 Å². The Labute approximate surface area is 354 Å². The normalized spacial score (nSPS) is 18.3. The zero-order chi connectivity index (χ0) is 46.7. The number of nitro benzene ring substituents is 4. The van der Waals surface area contributed by atoms with Gasteiger partial charge in [-0.15, -0.1) is 0 Å². The van der Waals surface area contributed by atoms with Crippen LogP contribution in [0.15, 0.2) is 36.4 Å². The second-order valence-electron chi connectivity index (χ2n) is 17.0. The van der Waals surface area contributed by atoms with Crippen molar-refractivity contribution >= 4 is 45.5 Å². The molecule has 2 heterocycles. The first-order chi connectivity index (χ1) is 27.3. The van der Waals surface area contributed by atoms with Gasteiger partial charge < -0.3 is 26.4 Å². The second-order valence-corrected chi connectivity index (χ2v) is 17.4. The Morgan fingerprint density at radius 1 is 0.650 bits per heavy atom. The molecule has 60 heavy (non-hydrogen) atoms. The number of piperidine rings is 2. The number of carbonyl (C=O) groups is 2. The van der Waals surface area contributed by atoms with Crippen molar-refractivity contribution in [3.8, 4) is 0 Å². The van der Waals surface area contributed by atoms with Crippen LogP contribution < -0.4 is 11.1 Å². The molecule has 2 fully saturated rings. The van der Waals surface area contributed by atoms with Crippen LogP contribution >= 0.6 is 11.6 Å². The predicted molar refractivity (Wildman–Crippen MR) is 224 cm³/mol. The molecule has 0 aliphatic carbocycles. The van der Waals surface area contributed by atoms with Gasteiger partial charge in [0.15, 0.2) is 0 Å². The number of halogens is 1. The summed E-state index contributed by atoms with van der Waals surface area (Å²) in [5, 5.41) is 67.4. The minimum absolute atomic E-state index is 0.145. The lowest BCUT2D eigenvalue weighted by atomic mass is 9.79. The fraction of sp³-hybridized carbons (Fsp3) is 0.632. The van der Waals surface area contributed by atoms with Crippen LogP contribution in [0.25, 0.3) is 0 Å². The van der Waals surface area contributed by atoms with E-state index in [1.165, 1.54) is 29.8 Å². The van der Waals surface area contributed by atoms with Crippen LogP contribution in [-0.2, 0) is 0 Å². The summed E-state index contributed by atoms with van der Waals surface area (Å²) in [4.78, 5) is 65.1. The van der Waals surface area contributed by atoms with Crippen molar-refractivity contribution in [3.05, 3.63) is 88.0 Å². The van der Waals surface area contributed by atoms with E-state index in [0.717, 1.165) is 49.2 Å². The van der Waals surface area contributed by atoms with E-state index in [-0.39, 0.29) is 34.3 Å². The van der Waals surface area contributed by atoms with Crippen LogP contribution in [0.5, 0.6) is 0 Å². The molecule has 2 aromatic rings. The fourth-order valence-electron chi connectivity index (χ4n) is 7.52. The summed E-state index contributed by atoms with van der Waals surface area (Å²) >= 11 is 5.07. The SMILES string of the molecule is CC1(C)CC(N)CC(C)(C)N1O.CC1(C)CC(NC(=O)c2cc([N+](=O)[O-])cc([N+](=O)[O-])c2)CC(C)(C)N1O.CCN(CC)CC.O=C(Cl)c1cc([N+](=O)[O-])cc([N+](=O)[O-])c1. The zero-order valence-corrected chi connectivity index (χ0v) is 36.9. The Morgan fingerprint density at radius 2 is 0.933 bits per heavy atom. The molecule has 1 amide bonds. The molecule has 0 radical (unpaired) electrons. The molecule has 0 saturated carbocycles. The smallest absolute Gasteiger partial charge is 0.277 e. The van der Waals surface area contributed by atoms with Gasteiger partial charge in [0.25, 0.3) is 33.9 Å². The van der Waals surface area contributed by atoms with Gasteiger partial charge in [0.1, 0.15) is 0 Å². The maximum Gasteiger partial charge on any atom is 0.277 e. The maximum atomic E-state index is 12.5. The van der Waals surface area contributed by atoms with Gasteiger partial charge in [0, 0.05) is 64.1 Å². The van der Waals surface area contributed by atoms with E-state index in [1.54, 1.807) is 0 Å². The zero-order valence-electron chi connectivity index (χ0n) is 36.1. The highest BCUT2D eigenvalue weighted by Gasteiger charge is 2.46. The van der Waals surface area contributed by atoms with Crippen molar-refractivity contribution in [2.45, 2.75) is 136 Å². The largest absolute Gasteiger partial charge is 0.349 e. The van der Waals surface area contributed by atoms with Crippen molar-refractivity contribution in [1.29, 1.82) is 0 Å². The lowest BCUT2D eigenvalue weighted by molar-refractivity contribution is -0.394. The highest BCUT2D eigenvalue weighted by Crippen LogP contribution is 2.37. The van der Waals surface area contributed by atoms with E-state index in [9.17, 15) is 60.5 Å². The molecule has 2 aliphatic rings.